The second-order valence-electron chi connectivity index (χ2n) is 7.15. The molecular weight excluding hydrogens is 341 g/mol. The van der Waals surface area contributed by atoms with Crippen molar-refractivity contribution in [1.82, 2.24) is 14.0 Å². The van der Waals surface area contributed by atoms with E-state index in [-0.39, 0.29) is 11.4 Å². The van der Waals surface area contributed by atoms with E-state index in [9.17, 15) is 9.18 Å². The molecule has 5 heteroatoms. The first-order valence-corrected chi connectivity index (χ1v) is 9.03. The van der Waals surface area contributed by atoms with E-state index in [1.165, 1.54) is 12.1 Å². The Morgan fingerprint density at radius 3 is 2.30 bits per heavy atom. The summed E-state index contributed by atoms with van der Waals surface area (Å²) in [4.78, 5) is 15.1. The number of likely N-dealkylation sites (N-methyl/N-ethyl adjacent to an activating group) is 1. The second-order valence-corrected chi connectivity index (χ2v) is 7.15. The Hall–Kier alpha value is -2.92. The summed E-state index contributed by atoms with van der Waals surface area (Å²) < 4.78 is 17.0. The molecule has 4 aromatic rings. The zero-order valence-corrected chi connectivity index (χ0v) is 15.5. The number of halogens is 1. The maximum atomic E-state index is 13.1. The lowest BCUT2D eigenvalue weighted by Gasteiger charge is -2.12. The lowest BCUT2D eigenvalue weighted by molar-refractivity contribution is 0.387. The molecule has 0 saturated carbocycles. The molecule has 0 aliphatic carbocycles. The summed E-state index contributed by atoms with van der Waals surface area (Å²) in [5.74, 6) is -0.272. The van der Waals surface area contributed by atoms with E-state index in [0.29, 0.717) is 11.9 Å². The van der Waals surface area contributed by atoms with Gasteiger partial charge >= 0.3 is 0 Å². The molecule has 2 heterocycles. The van der Waals surface area contributed by atoms with Crippen LogP contribution in [0.2, 0.25) is 0 Å². The third-order valence-corrected chi connectivity index (χ3v) is 4.96. The second kappa shape index (κ2) is 7.00. The van der Waals surface area contributed by atoms with Gasteiger partial charge in [0.1, 0.15) is 5.82 Å². The summed E-state index contributed by atoms with van der Waals surface area (Å²) in [6.45, 7) is 2.29. The molecule has 0 N–H and O–H groups in total. The molecule has 0 aliphatic heterocycles. The van der Waals surface area contributed by atoms with Gasteiger partial charge in [0.05, 0.1) is 6.54 Å². The van der Waals surface area contributed by atoms with Crippen molar-refractivity contribution >= 4 is 21.7 Å². The number of hydrogen-bond acceptors (Lipinski definition) is 2. The number of hydrogen-bond donors (Lipinski definition) is 0. The highest BCUT2D eigenvalue weighted by Crippen LogP contribution is 2.24. The number of nitrogens with zero attached hydrogens (tertiary/aromatic N) is 3. The first kappa shape index (κ1) is 17.5. The zero-order valence-electron chi connectivity index (χ0n) is 15.5. The van der Waals surface area contributed by atoms with Crippen molar-refractivity contribution in [3.8, 4) is 0 Å². The van der Waals surface area contributed by atoms with Gasteiger partial charge in [0.2, 0.25) is 0 Å². The van der Waals surface area contributed by atoms with Crippen molar-refractivity contribution in [2.45, 2.75) is 13.1 Å². The van der Waals surface area contributed by atoms with E-state index in [0.717, 1.165) is 34.9 Å². The Bertz CT molecular complexity index is 1160. The van der Waals surface area contributed by atoms with E-state index in [4.69, 9.17) is 0 Å². The van der Waals surface area contributed by atoms with Gasteiger partial charge in [0.15, 0.2) is 0 Å². The average molecular weight is 363 g/mol. The summed E-state index contributed by atoms with van der Waals surface area (Å²) in [6, 6.07) is 14.3. The van der Waals surface area contributed by atoms with Gasteiger partial charge in [-0.05, 0) is 61.4 Å². The van der Waals surface area contributed by atoms with Crippen LogP contribution >= 0.6 is 0 Å². The predicted molar refractivity (Wildman–Crippen MR) is 108 cm³/mol. The molecule has 2 aromatic carbocycles. The first-order valence-electron chi connectivity index (χ1n) is 9.03. The van der Waals surface area contributed by atoms with Crippen LogP contribution in [0.3, 0.4) is 0 Å². The molecule has 0 unspecified atom stereocenters. The fourth-order valence-electron chi connectivity index (χ4n) is 3.46. The Kier molecular flexibility index (Phi) is 4.54. The molecule has 0 atom stereocenters. The number of aromatic nitrogens is 2. The van der Waals surface area contributed by atoms with Crippen LogP contribution in [0.15, 0.2) is 65.7 Å². The van der Waals surface area contributed by atoms with E-state index >= 15 is 0 Å². The number of rotatable bonds is 5. The molecule has 0 radical (unpaired) electrons. The third kappa shape index (κ3) is 3.38. The molecule has 0 bridgehead atoms. The molecular formula is C22H22FN3O. The maximum Gasteiger partial charge on any atom is 0.258 e. The maximum absolute atomic E-state index is 13.1. The van der Waals surface area contributed by atoms with Crippen LogP contribution in [0, 0.1) is 5.82 Å². The minimum atomic E-state index is -0.272. The van der Waals surface area contributed by atoms with Gasteiger partial charge in [-0.1, -0.05) is 12.1 Å². The topological polar surface area (TPSA) is 30.2 Å². The summed E-state index contributed by atoms with van der Waals surface area (Å²) >= 11 is 0. The van der Waals surface area contributed by atoms with Crippen molar-refractivity contribution in [3.63, 3.8) is 0 Å². The van der Waals surface area contributed by atoms with E-state index in [1.807, 2.05) is 24.4 Å². The molecule has 138 valence electrons. The summed E-state index contributed by atoms with van der Waals surface area (Å²) in [5, 5.41) is 2.77. The van der Waals surface area contributed by atoms with Crippen LogP contribution in [0.1, 0.15) is 5.56 Å². The average Bonchev–Trinajstić information content (AvgIpc) is 3.07. The van der Waals surface area contributed by atoms with Gasteiger partial charge in [-0.15, -0.1) is 0 Å². The lowest BCUT2D eigenvalue weighted by atomic mass is 10.1. The number of benzene rings is 2. The van der Waals surface area contributed by atoms with Crippen LogP contribution in [0.5, 0.6) is 0 Å². The van der Waals surface area contributed by atoms with Crippen LogP contribution in [-0.2, 0) is 13.1 Å². The van der Waals surface area contributed by atoms with E-state index in [2.05, 4.69) is 35.8 Å². The third-order valence-electron chi connectivity index (χ3n) is 4.96. The monoisotopic (exact) mass is 363 g/mol. The van der Waals surface area contributed by atoms with Gasteiger partial charge in [-0.25, -0.2) is 4.39 Å². The highest BCUT2D eigenvalue weighted by Gasteiger charge is 2.10. The van der Waals surface area contributed by atoms with Crippen LogP contribution < -0.4 is 5.56 Å². The molecule has 0 amide bonds. The summed E-state index contributed by atoms with van der Waals surface area (Å²) in [5.41, 5.74) is 2.01. The Labute approximate surface area is 157 Å². The SMILES string of the molecule is CN(C)CCn1ccc2c3ccn(Cc4ccc(F)cc4)c(=O)c3ccc21. The Balaban J connectivity index is 1.74. The molecule has 0 fully saturated rings. The van der Waals surface area contributed by atoms with E-state index in [1.54, 1.807) is 16.7 Å². The van der Waals surface area contributed by atoms with Gasteiger partial charge in [-0.3, -0.25) is 4.79 Å². The van der Waals surface area contributed by atoms with Crippen LogP contribution in [0.25, 0.3) is 21.7 Å². The smallest absolute Gasteiger partial charge is 0.258 e. The van der Waals surface area contributed by atoms with Crippen molar-refractivity contribution < 1.29 is 4.39 Å². The fourth-order valence-corrected chi connectivity index (χ4v) is 3.46. The minimum Gasteiger partial charge on any atom is -0.346 e. The molecule has 0 aliphatic rings. The molecule has 4 rings (SSSR count). The quantitative estimate of drug-likeness (QED) is 0.541. The van der Waals surface area contributed by atoms with Crippen LogP contribution in [0.4, 0.5) is 4.39 Å². The normalized spacial score (nSPS) is 11.7. The predicted octanol–water partition coefficient (Wildman–Crippen LogP) is 3.71. The Morgan fingerprint density at radius 2 is 1.56 bits per heavy atom. The van der Waals surface area contributed by atoms with Crippen molar-refractivity contribution in [2.24, 2.45) is 0 Å². The fraction of sp³-hybridized carbons (Fsp3) is 0.227. The van der Waals surface area contributed by atoms with Gasteiger partial charge in [-0.2, -0.15) is 0 Å². The highest BCUT2D eigenvalue weighted by atomic mass is 19.1. The summed E-state index contributed by atoms with van der Waals surface area (Å²) in [6.07, 6.45) is 3.91. The van der Waals surface area contributed by atoms with E-state index < -0.39 is 0 Å². The molecule has 27 heavy (non-hydrogen) atoms. The van der Waals surface area contributed by atoms with Gasteiger partial charge < -0.3 is 14.0 Å². The van der Waals surface area contributed by atoms with Crippen molar-refractivity contribution in [1.29, 1.82) is 0 Å². The van der Waals surface area contributed by atoms with Crippen molar-refractivity contribution in [3.05, 3.63) is 82.7 Å². The minimum absolute atomic E-state index is 0.0280. The highest BCUT2D eigenvalue weighted by molar-refractivity contribution is 6.06. The summed E-state index contributed by atoms with van der Waals surface area (Å²) in [7, 11) is 4.12. The van der Waals surface area contributed by atoms with Crippen molar-refractivity contribution in [2.75, 3.05) is 20.6 Å². The van der Waals surface area contributed by atoms with Gasteiger partial charge in [0, 0.05) is 41.8 Å². The van der Waals surface area contributed by atoms with Gasteiger partial charge in [0.25, 0.3) is 5.56 Å². The lowest BCUT2D eigenvalue weighted by Crippen LogP contribution is -2.20. The standard InChI is InChI=1S/C22H22FN3O/c1-24(2)13-14-25-11-10-19-18-9-12-26(15-16-3-5-17(23)6-4-16)22(27)20(18)7-8-21(19)25/h3-12H,13-15H2,1-2H3. The zero-order chi connectivity index (χ0) is 19.0. The molecule has 4 nitrogen and oxygen atoms in total. The number of pyridine rings is 1. The molecule has 2 aromatic heterocycles. The molecule has 0 saturated heterocycles. The Morgan fingerprint density at radius 1 is 0.852 bits per heavy atom. The molecule has 0 spiro atoms. The first-order chi connectivity index (χ1) is 13.0. The van der Waals surface area contributed by atoms with Crippen LogP contribution in [-0.4, -0.2) is 34.7 Å². The largest absolute Gasteiger partial charge is 0.346 e. The number of fused-ring (bicyclic) bond motifs is 3.